The third kappa shape index (κ3) is 4.70. The lowest BCUT2D eigenvalue weighted by molar-refractivity contribution is 0.415. The van der Waals surface area contributed by atoms with E-state index in [1.54, 1.807) is 7.11 Å². The van der Waals surface area contributed by atoms with Gasteiger partial charge >= 0.3 is 0 Å². The molecule has 0 radical (unpaired) electrons. The Labute approximate surface area is 143 Å². The molecule has 1 aliphatic rings. The molecule has 0 bridgehead atoms. The molecule has 2 rings (SSSR count). The van der Waals surface area contributed by atoms with Crippen LogP contribution >= 0.6 is 11.6 Å². The van der Waals surface area contributed by atoms with Crippen molar-refractivity contribution < 1.29 is 4.74 Å². The van der Waals surface area contributed by atoms with Crippen LogP contribution in [0.1, 0.15) is 13.3 Å². The summed E-state index contributed by atoms with van der Waals surface area (Å²) in [5.74, 6) is 4.12. The van der Waals surface area contributed by atoms with Crippen LogP contribution in [0.4, 0.5) is 5.69 Å². The first-order valence-corrected chi connectivity index (χ1v) is 8.12. The Morgan fingerprint density at radius 1 is 1.57 bits per heavy atom. The first kappa shape index (κ1) is 17.3. The lowest BCUT2D eigenvalue weighted by Gasteiger charge is -2.22. The van der Waals surface area contributed by atoms with Crippen LogP contribution in [0.15, 0.2) is 23.2 Å². The van der Waals surface area contributed by atoms with Gasteiger partial charge in [-0.2, -0.15) is 0 Å². The normalized spacial score (nSPS) is 17.7. The summed E-state index contributed by atoms with van der Waals surface area (Å²) in [6.07, 6.45) is 6.29. The fraction of sp³-hybridized carbons (Fsp3) is 0.471. The molecule has 6 heteroatoms. The molecule has 1 unspecified atom stereocenters. The Morgan fingerprint density at radius 3 is 3.09 bits per heavy atom. The van der Waals surface area contributed by atoms with Crippen molar-refractivity contribution in [3.05, 3.63) is 23.2 Å². The standard InChI is InChI=1S/C17H23ClN4O/c1-4-9-20-17(19-5-2)21-14-8-10-22(12-14)15-11-13(18)6-7-16(15)23-3/h1,6-7,11,14H,5,8-10,12H2,2-3H3,(H2,19,20,21). The number of rotatable bonds is 5. The Balaban J connectivity index is 2.03. The van der Waals surface area contributed by atoms with Gasteiger partial charge in [-0.3, -0.25) is 0 Å². The van der Waals surface area contributed by atoms with Gasteiger partial charge < -0.3 is 20.3 Å². The number of hydrogen-bond acceptors (Lipinski definition) is 3. The van der Waals surface area contributed by atoms with Crippen LogP contribution in [0.2, 0.25) is 5.02 Å². The van der Waals surface area contributed by atoms with Crippen LogP contribution in [0.5, 0.6) is 5.75 Å². The number of benzene rings is 1. The van der Waals surface area contributed by atoms with Gasteiger partial charge in [0.15, 0.2) is 5.96 Å². The molecule has 2 N–H and O–H groups in total. The zero-order chi connectivity index (χ0) is 16.7. The molecule has 0 amide bonds. The maximum atomic E-state index is 6.13. The van der Waals surface area contributed by atoms with Gasteiger partial charge in [-0.25, -0.2) is 4.99 Å². The number of hydrogen-bond donors (Lipinski definition) is 2. The summed E-state index contributed by atoms with van der Waals surface area (Å²) in [6.45, 7) is 4.99. The minimum Gasteiger partial charge on any atom is -0.495 e. The lowest BCUT2D eigenvalue weighted by atomic mass is 10.2. The van der Waals surface area contributed by atoms with E-state index in [1.807, 2.05) is 25.1 Å². The topological polar surface area (TPSA) is 48.9 Å². The summed E-state index contributed by atoms with van der Waals surface area (Å²) in [5.41, 5.74) is 1.02. The molecule has 1 fully saturated rings. The number of anilines is 1. The van der Waals surface area contributed by atoms with Crippen molar-refractivity contribution in [1.29, 1.82) is 0 Å². The predicted octanol–water partition coefficient (Wildman–Crippen LogP) is 2.12. The van der Waals surface area contributed by atoms with E-state index in [4.69, 9.17) is 22.8 Å². The lowest BCUT2D eigenvalue weighted by Crippen LogP contribution is -2.44. The minimum atomic E-state index is 0.300. The first-order valence-electron chi connectivity index (χ1n) is 7.74. The van der Waals surface area contributed by atoms with Gasteiger partial charge in [-0.15, -0.1) is 6.42 Å². The van der Waals surface area contributed by atoms with Crippen molar-refractivity contribution in [3.63, 3.8) is 0 Å². The molecule has 0 spiro atoms. The molecule has 23 heavy (non-hydrogen) atoms. The highest BCUT2D eigenvalue weighted by Crippen LogP contribution is 2.33. The summed E-state index contributed by atoms with van der Waals surface area (Å²) < 4.78 is 5.44. The zero-order valence-corrected chi connectivity index (χ0v) is 14.4. The van der Waals surface area contributed by atoms with Crippen molar-refractivity contribution in [2.75, 3.05) is 38.2 Å². The third-order valence-corrected chi connectivity index (χ3v) is 3.92. The van der Waals surface area contributed by atoms with Gasteiger partial charge in [0.05, 0.1) is 12.8 Å². The van der Waals surface area contributed by atoms with E-state index in [0.717, 1.165) is 43.5 Å². The van der Waals surface area contributed by atoms with Gasteiger partial charge in [-0.1, -0.05) is 17.5 Å². The van der Waals surface area contributed by atoms with Crippen LogP contribution in [0.25, 0.3) is 0 Å². The zero-order valence-electron chi connectivity index (χ0n) is 13.6. The molecule has 1 atom stereocenters. The van der Waals surface area contributed by atoms with Gasteiger partial charge in [-0.05, 0) is 31.5 Å². The number of nitrogens with zero attached hydrogens (tertiary/aromatic N) is 2. The molecular formula is C17H23ClN4O. The SMILES string of the molecule is C#CCN=C(NCC)NC1CCN(c2cc(Cl)ccc2OC)C1. The van der Waals surface area contributed by atoms with Crippen molar-refractivity contribution in [3.8, 4) is 18.1 Å². The second-order valence-corrected chi connectivity index (χ2v) is 5.73. The fourth-order valence-corrected chi connectivity index (χ4v) is 2.81. The number of ether oxygens (including phenoxy) is 1. The number of nitrogens with one attached hydrogen (secondary N) is 2. The quantitative estimate of drug-likeness (QED) is 0.492. The van der Waals surface area contributed by atoms with Crippen LogP contribution in [0.3, 0.4) is 0 Å². The summed E-state index contributed by atoms with van der Waals surface area (Å²) in [7, 11) is 1.67. The van der Waals surface area contributed by atoms with E-state index in [-0.39, 0.29) is 0 Å². The summed E-state index contributed by atoms with van der Waals surface area (Å²) in [5, 5.41) is 7.35. The number of aliphatic imine (C=N–C) groups is 1. The van der Waals surface area contributed by atoms with Gasteiger partial charge in [0.2, 0.25) is 0 Å². The number of terminal acetylenes is 1. The second-order valence-electron chi connectivity index (χ2n) is 5.29. The minimum absolute atomic E-state index is 0.300. The van der Waals surface area contributed by atoms with E-state index in [9.17, 15) is 0 Å². The monoisotopic (exact) mass is 334 g/mol. The van der Waals surface area contributed by atoms with Crippen LogP contribution in [-0.2, 0) is 0 Å². The number of guanidine groups is 1. The largest absolute Gasteiger partial charge is 0.495 e. The summed E-state index contributed by atoms with van der Waals surface area (Å²) >= 11 is 6.13. The van der Waals surface area contributed by atoms with Gasteiger partial charge in [0.25, 0.3) is 0 Å². The van der Waals surface area contributed by atoms with Crippen molar-refractivity contribution in [1.82, 2.24) is 10.6 Å². The molecule has 0 aliphatic carbocycles. The van der Waals surface area contributed by atoms with E-state index < -0.39 is 0 Å². The molecule has 1 aromatic rings. The average molecular weight is 335 g/mol. The van der Waals surface area contributed by atoms with Crippen LogP contribution in [0, 0.1) is 12.3 Å². The van der Waals surface area contributed by atoms with Gasteiger partial charge in [0, 0.05) is 30.7 Å². The van der Waals surface area contributed by atoms with E-state index >= 15 is 0 Å². The molecule has 1 heterocycles. The average Bonchev–Trinajstić information content (AvgIpc) is 3.01. The van der Waals surface area contributed by atoms with E-state index in [2.05, 4.69) is 26.4 Å². The second kappa shape index (κ2) is 8.54. The van der Waals surface area contributed by atoms with Crippen molar-refractivity contribution in [2.45, 2.75) is 19.4 Å². The molecule has 1 saturated heterocycles. The number of methoxy groups -OCH3 is 1. The Bertz CT molecular complexity index is 597. The Kier molecular flexibility index (Phi) is 6.42. The maximum Gasteiger partial charge on any atom is 0.192 e. The molecule has 124 valence electrons. The van der Waals surface area contributed by atoms with E-state index in [1.165, 1.54) is 0 Å². The van der Waals surface area contributed by atoms with Crippen molar-refractivity contribution >= 4 is 23.2 Å². The molecular weight excluding hydrogens is 312 g/mol. The third-order valence-electron chi connectivity index (χ3n) is 3.68. The molecule has 1 aliphatic heterocycles. The highest BCUT2D eigenvalue weighted by molar-refractivity contribution is 6.30. The summed E-state index contributed by atoms with van der Waals surface area (Å²) in [4.78, 5) is 6.61. The predicted molar refractivity (Wildman–Crippen MR) is 96.6 cm³/mol. The molecule has 0 aromatic heterocycles. The fourth-order valence-electron chi connectivity index (χ4n) is 2.65. The summed E-state index contributed by atoms with van der Waals surface area (Å²) in [6, 6.07) is 5.98. The highest BCUT2D eigenvalue weighted by Gasteiger charge is 2.25. The van der Waals surface area contributed by atoms with Crippen LogP contribution < -0.4 is 20.3 Å². The molecule has 5 nitrogen and oxygen atoms in total. The Hall–Kier alpha value is -2.06. The van der Waals surface area contributed by atoms with Crippen LogP contribution in [-0.4, -0.2) is 45.3 Å². The Morgan fingerprint density at radius 2 is 2.39 bits per heavy atom. The molecule has 0 saturated carbocycles. The highest BCUT2D eigenvalue weighted by atomic mass is 35.5. The molecule has 1 aromatic carbocycles. The first-order chi connectivity index (χ1) is 11.2. The van der Waals surface area contributed by atoms with Gasteiger partial charge in [0.1, 0.15) is 12.3 Å². The smallest absolute Gasteiger partial charge is 0.192 e. The van der Waals surface area contributed by atoms with Crippen molar-refractivity contribution in [2.24, 2.45) is 4.99 Å². The number of halogens is 1. The maximum absolute atomic E-state index is 6.13. The van der Waals surface area contributed by atoms with E-state index in [0.29, 0.717) is 17.6 Å².